The average Bonchev–Trinajstić information content (AvgIpc) is 2.50. The zero-order chi connectivity index (χ0) is 15.1. The first-order chi connectivity index (χ1) is 10.2. The molecule has 1 aromatic carbocycles. The summed E-state index contributed by atoms with van der Waals surface area (Å²) >= 11 is 5.00. The van der Waals surface area contributed by atoms with Gasteiger partial charge in [0.2, 0.25) is 0 Å². The lowest BCUT2D eigenvalue weighted by Crippen LogP contribution is -2.33. The Labute approximate surface area is 132 Å². The van der Waals surface area contributed by atoms with Crippen molar-refractivity contribution in [2.75, 3.05) is 32.8 Å². The highest BCUT2D eigenvalue weighted by atomic mass is 32.1. The topological polar surface area (TPSA) is 47.7 Å². The summed E-state index contributed by atoms with van der Waals surface area (Å²) < 4.78 is 11.5. The van der Waals surface area contributed by atoms with Crippen LogP contribution >= 0.6 is 12.2 Å². The second-order valence-corrected chi connectivity index (χ2v) is 5.65. The third-order valence-electron chi connectivity index (χ3n) is 3.64. The molecule has 0 aromatic heterocycles. The van der Waals surface area contributed by atoms with E-state index in [9.17, 15) is 0 Å². The van der Waals surface area contributed by atoms with E-state index in [0.29, 0.717) is 24.0 Å². The van der Waals surface area contributed by atoms with Crippen LogP contribution in [-0.2, 0) is 0 Å². The first-order valence-electron chi connectivity index (χ1n) is 7.62. The van der Waals surface area contributed by atoms with Crippen molar-refractivity contribution < 1.29 is 9.47 Å². The molecule has 0 atom stereocenters. The molecule has 0 amide bonds. The summed E-state index contributed by atoms with van der Waals surface area (Å²) in [5.41, 5.74) is 6.46. The number of nitrogens with two attached hydrogens (primary N) is 1. The molecular formula is C16H24N2O2S. The fourth-order valence-electron chi connectivity index (χ4n) is 2.52. The molecule has 4 nitrogen and oxygen atoms in total. The van der Waals surface area contributed by atoms with Gasteiger partial charge in [-0.3, -0.25) is 4.90 Å². The van der Waals surface area contributed by atoms with Gasteiger partial charge in [0.05, 0.1) is 6.61 Å². The van der Waals surface area contributed by atoms with Gasteiger partial charge >= 0.3 is 0 Å². The van der Waals surface area contributed by atoms with Crippen LogP contribution in [0, 0.1) is 0 Å². The lowest BCUT2D eigenvalue weighted by atomic mass is 10.1. The lowest BCUT2D eigenvalue weighted by molar-refractivity contribution is 0.179. The van der Waals surface area contributed by atoms with E-state index in [1.165, 1.54) is 32.4 Å². The van der Waals surface area contributed by atoms with Crippen molar-refractivity contribution in [1.82, 2.24) is 4.90 Å². The van der Waals surface area contributed by atoms with E-state index in [0.717, 1.165) is 17.9 Å². The van der Waals surface area contributed by atoms with Crippen molar-refractivity contribution in [3.63, 3.8) is 0 Å². The van der Waals surface area contributed by atoms with Crippen LogP contribution in [-0.4, -0.2) is 42.7 Å². The van der Waals surface area contributed by atoms with Gasteiger partial charge in [-0.25, -0.2) is 0 Å². The van der Waals surface area contributed by atoms with Gasteiger partial charge < -0.3 is 15.2 Å². The molecule has 1 aliphatic heterocycles. The van der Waals surface area contributed by atoms with Gasteiger partial charge in [0, 0.05) is 12.1 Å². The summed E-state index contributed by atoms with van der Waals surface area (Å²) in [6.45, 7) is 6.54. The molecular weight excluding hydrogens is 284 g/mol. The van der Waals surface area contributed by atoms with Crippen LogP contribution in [0.3, 0.4) is 0 Å². The Kier molecular flexibility index (Phi) is 6.26. The fraction of sp³-hybridized carbons (Fsp3) is 0.562. The normalized spacial score (nSPS) is 15.7. The Bertz CT molecular complexity index is 473. The minimum Gasteiger partial charge on any atom is -0.490 e. The third-order valence-corrected chi connectivity index (χ3v) is 3.88. The van der Waals surface area contributed by atoms with Crippen molar-refractivity contribution in [3.05, 3.63) is 23.8 Å². The summed E-state index contributed by atoms with van der Waals surface area (Å²) in [5, 5.41) is 0. The standard InChI is InChI=1S/C16H24N2O2S/c1-2-19-15-12-13(16(17)21)6-7-14(15)20-11-10-18-8-4-3-5-9-18/h6-7,12H,2-5,8-11H2,1H3,(H2,17,21). The number of rotatable bonds is 7. The summed E-state index contributed by atoms with van der Waals surface area (Å²) in [7, 11) is 0. The highest BCUT2D eigenvalue weighted by molar-refractivity contribution is 7.80. The number of hydrogen-bond donors (Lipinski definition) is 1. The fourth-order valence-corrected chi connectivity index (χ4v) is 2.64. The smallest absolute Gasteiger partial charge is 0.161 e. The number of hydrogen-bond acceptors (Lipinski definition) is 4. The number of likely N-dealkylation sites (tertiary alicyclic amines) is 1. The van der Waals surface area contributed by atoms with Gasteiger partial charge in [0.15, 0.2) is 11.5 Å². The Morgan fingerprint density at radius 2 is 1.95 bits per heavy atom. The van der Waals surface area contributed by atoms with Gasteiger partial charge in [-0.15, -0.1) is 0 Å². The van der Waals surface area contributed by atoms with Crippen molar-refractivity contribution in [2.24, 2.45) is 5.73 Å². The second kappa shape index (κ2) is 8.20. The average molecular weight is 308 g/mol. The van der Waals surface area contributed by atoms with E-state index in [1.807, 2.05) is 25.1 Å². The van der Waals surface area contributed by atoms with Crippen LogP contribution in [0.5, 0.6) is 11.5 Å². The Balaban J connectivity index is 1.93. The first-order valence-corrected chi connectivity index (χ1v) is 8.03. The van der Waals surface area contributed by atoms with Gasteiger partial charge in [-0.1, -0.05) is 18.6 Å². The molecule has 0 bridgehead atoms. The predicted molar refractivity (Wildman–Crippen MR) is 89.3 cm³/mol. The maximum Gasteiger partial charge on any atom is 0.161 e. The van der Waals surface area contributed by atoms with Gasteiger partial charge in [-0.2, -0.15) is 0 Å². The van der Waals surface area contributed by atoms with Crippen molar-refractivity contribution in [3.8, 4) is 11.5 Å². The summed E-state index contributed by atoms with van der Waals surface area (Å²) in [5.74, 6) is 1.47. The maximum atomic E-state index is 5.88. The van der Waals surface area contributed by atoms with Gasteiger partial charge in [0.25, 0.3) is 0 Å². The van der Waals surface area contributed by atoms with E-state index in [2.05, 4.69) is 4.90 Å². The Morgan fingerprint density at radius 3 is 2.62 bits per heavy atom. The zero-order valence-electron chi connectivity index (χ0n) is 12.6. The van der Waals surface area contributed by atoms with Crippen LogP contribution in [0.2, 0.25) is 0 Å². The Morgan fingerprint density at radius 1 is 1.19 bits per heavy atom. The molecule has 1 heterocycles. The van der Waals surface area contributed by atoms with E-state index in [-0.39, 0.29) is 0 Å². The van der Waals surface area contributed by atoms with Crippen molar-refractivity contribution in [1.29, 1.82) is 0 Å². The molecule has 0 spiro atoms. The number of benzene rings is 1. The maximum absolute atomic E-state index is 5.88. The van der Waals surface area contributed by atoms with Crippen LogP contribution in [0.25, 0.3) is 0 Å². The van der Waals surface area contributed by atoms with Crippen molar-refractivity contribution >= 4 is 17.2 Å². The minimum absolute atomic E-state index is 0.371. The molecule has 0 saturated carbocycles. The molecule has 0 unspecified atom stereocenters. The Hall–Kier alpha value is -1.33. The quantitative estimate of drug-likeness (QED) is 0.785. The largest absolute Gasteiger partial charge is 0.490 e. The number of nitrogens with zero attached hydrogens (tertiary/aromatic N) is 1. The van der Waals surface area contributed by atoms with E-state index >= 15 is 0 Å². The zero-order valence-corrected chi connectivity index (χ0v) is 13.5. The first kappa shape index (κ1) is 16.0. The minimum atomic E-state index is 0.371. The summed E-state index contributed by atoms with van der Waals surface area (Å²) in [6, 6.07) is 5.61. The van der Waals surface area contributed by atoms with Crippen molar-refractivity contribution in [2.45, 2.75) is 26.2 Å². The molecule has 2 rings (SSSR count). The highest BCUT2D eigenvalue weighted by Crippen LogP contribution is 2.28. The molecule has 0 aliphatic carbocycles. The number of ether oxygens (including phenoxy) is 2. The van der Waals surface area contributed by atoms with Crippen LogP contribution in [0.4, 0.5) is 0 Å². The van der Waals surface area contributed by atoms with E-state index < -0.39 is 0 Å². The second-order valence-electron chi connectivity index (χ2n) is 5.21. The highest BCUT2D eigenvalue weighted by Gasteiger charge is 2.11. The molecule has 1 aromatic rings. The molecule has 116 valence electrons. The van der Waals surface area contributed by atoms with Crippen LogP contribution in [0.15, 0.2) is 18.2 Å². The molecule has 0 radical (unpaired) electrons. The van der Waals surface area contributed by atoms with Crippen LogP contribution < -0.4 is 15.2 Å². The molecule has 2 N–H and O–H groups in total. The summed E-state index contributed by atoms with van der Waals surface area (Å²) in [4.78, 5) is 2.82. The monoisotopic (exact) mass is 308 g/mol. The molecule has 1 saturated heterocycles. The molecule has 1 aliphatic rings. The van der Waals surface area contributed by atoms with E-state index in [4.69, 9.17) is 27.4 Å². The predicted octanol–water partition coefficient (Wildman–Crippen LogP) is 2.58. The SMILES string of the molecule is CCOc1cc(C(N)=S)ccc1OCCN1CCCCC1. The summed E-state index contributed by atoms with van der Waals surface area (Å²) in [6.07, 6.45) is 3.95. The molecule has 1 fully saturated rings. The lowest BCUT2D eigenvalue weighted by Gasteiger charge is -2.26. The van der Waals surface area contributed by atoms with E-state index in [1.54, 1.807) is 0 Å². The molecule has 5 heteroatoms. The van der Waals surface area contributed by atoms with Gasteiger partial charge in [0.1, 0.15) is 11.6 Å². The number of thiocarbonyl (C=S) groups is 1. The third kappa shape index (κ3) is 4.86. The van der Waals surface area contributed by atoms with Gasteiger partial charge in [-0.05, 0) is 51.1 Å². The van der Waals surface area contributed by atoms with Crippen LogP contribution in [0.1, 0.15) is 31.7 Å². The number of piperidine rings is 1. The molecule has 21 heavy (non-hydrogen) atoms.